The predicted octanol–water partition coefficient (Wildman–Crippen LogP) is 1.07. The van der Waals surface area contributed by atoms with Gasteiger partial charge >= 0.3 is 5.97 Å². The minimum atomic E-state index is -2.88. The van der Waals surface area contributed by atoms with Gasteiger partial charge in [0.15, 0.2) is 9.84 Å². The highest BCUT2D eigenvalue weighted by Crippen LogP contribution is 2.18. The molecule has 1 aliphatic heterocycles. The third-order valence-corrected chi connectivity index (χ3v) is 4.68. The molecule has 0 bridgehead atoms. The van der Waals surface area contributed by atoms with Crippen molar-refractivity contribution in [3.63, 3.8) is 0 Å². The molecule has 0 aliphatic carbocycles. The maximum atomic E-state index is 11.3. The minimum absolute atomic E-state index is 0.0426. The molecule has 1 atom stereocenters. The van der Waals surface area contributed by atoms with E-state index < -0.39 is 9.84 Å². The summed E-state index contributed by atoms with van der Waals surface area (Å²) in [5, 5.41) is 3.15. The summed E-state index contributed by atoms with van der Waals surface area (Å²) < 4.78 is 27.2. The van der Waals surface area contributed by atoms with Crippen molar-refractivity contribution < 1.29 is 17.9 Å². The van der Waals surface area contributed by atoms with E-state index in [0.717, 1.165) is 5.69 Å². The molecule has 0 radical (unpaired) electrons. The maximum absolute atomic E-state index is 11.3. The summed E-state index contributed by atoms with van der Waals surface area (Å²) in [5.74, 6) is 0.0291. The first-order valence-electron chi connectivity index (χ1n) is 5.65. The molecular formula is C12H15NO4S. The number of ether oxygens (including phenoxy) is 1. The van der Waals surface area contributed by atoms with Crippen molar-refractivity contribution in [1.82, 2.24) is 0 Å². The molecule has 1 saturated heterocycles. The highest BCUT2D eigenvalue weighted by molar-refractivity contribution is 7.91. The van der Waals surface area contributed by atoms with Crippen LogP contribution in [0.2, 0.25) is 0 Å². The molecule has 0 amide bonds. The van der Waals surface area contributed by atoms with E-state index in [4.69, 9.17) is 0 Å². The second kappa shape index (κ2) is 4.97. The lowest BCUT2D eigenvalue weighted by Gasteiger charge is -2.12. The molecule has 2 rings (SSSR count). The average Bonchev–Trinajstić information content (AvgIpc) is 2.68. The van der Waals surface area contributed by atoms with E-state index in [1.807, 2.05) is 0 Å². The van der Waals surface area contributed by atoms with Gasteiger partial charge < -0.3 is 10.1 Å². The van der Waals surface area contributed by atoms with Crippen LogP contribution in [0, 0.1) is 0 Å². The van der Waals surface area contributed by atoms with Gasteiger partial charge in [-0.25, -0.2) is 13.2 Å². The SMILES string of the molecule is COC(=O)c1ccc(NC2CCS(=O)(=O)C2)cc1. The molecule has 1 fully saturated rings. The van der Waals surface area contributed by atoms with Crippen molar-refractivity contribution in [2.75, 3.05) is 23.9 Å². The van der Waals surface area contributed by atoms with Crippen molar-refractivity contribution in [3.8, 4) is 0 Å². The number of sulfone groups is 1. The molecule has 1 N–H and O–H groups in total. The molecule has 6 heteroatoms. The summed E-state index contributed by atoms with van der Waals surface area (Å²) in [4.78, 5) is 11.2. The zero-order valence-electron chi connectivity index (χ0n) is 10.0. The molecule has 1 aromatic carbocycles. The fourth-order valence-corrected chi connectivity index (χ4v) is 3.64. The lowest BCUT2D eigenvalue weighted by molar-refractivity contribution is 0.0601. The zero-order valence-corrected chi connectivity index (χ0v) is 10.9. The monoisotopic (exact) mass is 269 g/mol. The Kier molecular flexibility index (Phi) is 3.56. The van der Waals surface area contributed by atoms with Crippen LogP contribution in [-0.2, 0) is 14.6 Å². The van der Waals surface area contributed by atoms with Gasteiger partial charge in [0.05, 0.1) is 24.2 Å². The van der Waals surface area contributed by atoms with Gasteiger partial charge in [0, 0.05) is 11.7 Å². The lowest BCUT2D eigenvalue weighted by Crippen LogP contribution is -2.20. The van der Waals surface area contributed by atoms with Gasteiger partial charge in [-0.1, -0.05) is 0 Å². The van der Waals surface area contributed by atoms with Crippen molar-refractivity contribution >= 4 is 21.5 Å². The van der Waals surface area contributed by atoms with Gasteiger partial charge in [-0.3, -0.25) is 0 Å². The number of carbonyl (C=O) groups is 1. The number of hydrogen-bond donors (Lipinski definition) is 1. The third-order valence-electron chi connectivity index (χ3n) is 2.91. The second-order valence-corrected chi connectivity index (χ2v) is 6.54. The van der Waals surface area contributed by atoms with Crippen molar-refractivity contribution in [2.45, 2.75) is 12.5 Å². The molecule has 1 heterocycles. The van der Waals surface area contributed by atoms with Crippen LogP contribution in [0.15, 0.2) is 24.3 Å². The number of carbonyl (C=O) groups excluding carboxylic acids is 1. The van der Waals surface area contributed by atoms with Gasteiger partial charge in [-0.2, -0.15) is 0 Å². The van der Waals surface area contributed by atoms with E-state index >= 15 is 0 Å². The summed E-state index contributed by atoms with van der Waals surface area (Å²) in [5.41, 5.74) is 1.28. The Hall–Kier alpha value is -1.56. The van der Waals surface area contributed by atoms with Crippen molar-refractivity contribution in [2.24, 2.45) is 0 Å². The number of benzene rings is 1. The van der Waals surface area contributed by atoms with Gasteiger partial charge in [0.25, 0.3) is 0 Å². The highest BCUT2D eigenvalue weighted by atomic mass is 32.2. The Morgan fingerprint density at radius 2 is 2.00 bits per heavy atom. The second-order valence-electron chi connectivity index (χ2n) is 4.31. The molecule has 5 nitrogen and oxygen atoms in total. The summed E-state index contributed by atoms with van der Waals surface area (Å²) in [7, 11) is -1.55. The Bertz CT molecular complexity index is 536. The Balaban J connectivity index is 2.01. The maximum Gasteiger partial charge on any atom is 0.337 e. The van der Waals surface area contributed by atoms with Crippen LogP contribution in [0.3, 0.4) is 0 Å². The molecule has 0 aromatic heterocycles. The average molecular weight is 269 g/mol. The molecule has 0 spiro atoms. The molecule has 0 saturated carbocycles. The number of methoxy groups -OCH3 is 1. The van der Waals surface area contributed by atoms with Gasteiger partial charge in [0.1, 0.15) is 0 Å². The normalized spacial score (nSPS) is 21.5. The summed E-state index contributed by atoms with van der Waals surface area (Å²) in [6.45, 7) is 0. The van der Waals surface area contributed by atoms with E-state index in [-0.39, 0.29) is 23.5 Å². The third kappa shape index (κ3) is 3.01. The largest absolute Gasteiger partial charge is 0.465 e. The Morgan fingerprint density at radius 3 is 2.50 bits per heavy atom. The van der Waals surface area contributed by atoms with Crippen LogP contribution >= 0.6 is 0 Å². The molecule has 18 heavy (non-hydrogen) atoms. The molecular weight excluding hydrogens is 254 g/mol. The van der Waals surface area contributed by atoms with Crippen LogP contribution in [-0.4, -0.2) is 39.0 Å². The summed E-state index contributed by atoms with van der Waals surface area (Å²) in [6, 6.07) is 6.75. The van der Waals surface area contributed by atoms with Crippen molar-refractivity contribution in [1.29, 1.82) is 0 Å². The van der Waals surface area contributed by atoms with Gasteiger partial charge in [0.2, 0.25) is 0 Å². The molecule has 1 aromatic rings. The number of rotatable bonds is 3. The zero-order chi connectivity index (χ0) is 13.2. The molecule has 1 aliphatic rings. The van der Waals surface area contributed by atoms with Crippen LogP contribution in [0.4, 0.5) is 5.69 Å². The Morgan fingerprint density at radius 1 is 1.33 bits per heavy atom. The Labute approximate surface area is 106 Å². The fourth-order valence-electron chi connectivity index (χ4n) is 1.96. The number of anilines is 1. The number of hydrogen-bond acceptors (Lipinski definition) is 5. The quantitative estimate of drug-likeness (QED) is 0.831. The summed E-state index contributed by atoms with van der Waals surface area (Å²) >= 11 is 0. The van der Waals surface area contributed by atoms with Crippen LogP contribution < -0.4 is 5.32 Å². The smallest absolute Gasteiger partial charge is 0.337 e. The predicted molar refractivity (Wildman–Crippen MR) is 68.5 cm³/mol. The van der Waals surface area contributed by atoms with Gasteiger partial charge in [-0.05, 0) is 30.7 Å². The van der Waals surface area contributed by atoms with Crippen molar-refractivity contribution in [3.05, 3.63) is 29.8 Å². The highest BCUT2D eigenvalue weighted by Gasteiger charge is 2.27. The molecule has 1 unspecified atom stereocenters. The first-order valence-corrected chi connectivity index (χ1v) is 7.48. The van der Waals surface area contributed by atoms with Gasteiger partial charge in [-0.15, -0.1) is 0 Å². The molecule has 98 valence electrons. The number of esters is 1. The van der Waals surface area contributed by atoms with E-state index in [9.17, 15) is 13.2 Å². The lowest BCUT2D eigenvalue weighted by atomic mass is 10.2. The van der Waals surface area contributed by atoms with Crippen LogP contribution in [0.25, 0.3) is 0 Å². The summed E-state index contributed by atoms with van der Waals surface area (Å²) in [6.07, 6.45) is 0.626. The van der Waals surface area contributed by atoms with Crippen LogP contribution in [0.5, 0.6) is 0 Å². The number of nitrogens with one attached hydrogen (secondary N) is 1. The first-order chi connectivity index (χ1) is 8.50. The standard InChI is InChI=1S/C12H15NO4S/c1-17-12(14)9-2-4-10(5-3-9)13-11-6-7-18(15,16)8-11/h2-5,11,13H,6-8H2,1H3. The van der Waals surface area contributed by atoms with E-state index in [1.165, 1.54) is 7.11 Å². The van der Waals surface area contributed by atoms with E-state index in [0.29, 0.717) is 12.0 Å². The topological polar surface area (TPSA) is 72.5 Å². The van der Waals surface area contributed by atoms with Crippen LogP contribution in [0.1, 0.15) is 16.8 Å². The van der Waals surface area contributed by atoms with E-state index in [2.05, 4.69) is 10.1 Å². The first kappa shape index (κ1) is 12.9. The minimum Gasteiger partial charge on any atom is -0.465 e. The van der Waals surface area contributed by atoms with E-state index in [1.54, 1.807) is 24.3 Å². The fraction of sp³-hybridized carbons (Fsp3) is 0.417.